The molecule has 3 rings (SSSR count). The Bertz CT molecular complexity index is 716. The molecule has 1 saturated carbocycles. The van der Waals surface area contributed by atoms with Gasteiger partial charge < -0.3 is 10.3 Å². The molecule has 2 aromatic rings. The molecule has 3 nitrogen and oxygen atoms in total. The van der Waals surface area contributed by atoms with E-state index in [0.29, 0.717) is 18.3 Å². The predicted octanol–water partition coefficient (Wildman–Crippen LogP) is 5.65. The first-order chi connectivity index (χ1) is 12.0. The number of aromatic nitrogens is 1. The van der Waals surface area contributed by atoms with E-state index in [4.69, 9.17) is 11.6 Å². The van der Waals surface area contributed by atoms with Gasteiger partial charge in [-0.25, -0.2) is 0 Å². The van der Waals surface area contributed by atoms with Gasteiger partial charge in [-0.1, -0.05) is 44.7 Å². The highest BCUT2D eigenvalue weighted by atomic mass is 35.5. The van der Waals surface area contributed by atoms with Crippen molar-refractivity contribution < 1.29 is 4.79 Å². The Labute approximate surface area is 155 Å². The van der Waals surface area contributed by atoms with Crippen molar-refractivity contribution in [2.24, 2.45) is 11.8 Å². The van der Waals surface area contributed by atoms with Crippen LogP contribution in [0.3, 0.4) is 0 Å². The standard InChI is InChI=1S/C21H29ClN2O/c1-14(2)12-24-21(25)11-17(15-6-4-3-5-7-15)19-13-23-20-9-8-16(22)10-18(19)20/h8-10,13-15,17,23H,3-7,11-12H2,1-2H3,(H,24,25). The van der Waals surface area contributed by atoms with E-state index < -0.39 is 0 Å². The zero-order valence-electron chi connectivity index (χ0n) is 15.3. The minimum absolute atomic E-state index is 0.167. The van der Waals surface area contributed by atoms with Crippen molar-refractivity contribution in [3.63, 3.8) is 0 Å². The third kappa shape index (κ3) is 4.58. The SMILES string of the molecule is CC(C)CNC(=O)CC(c1c[nH]c2ccc(Cl)cc12)C1CCCCC1. The highest BCUT2D eigenvalue weighted by molar-refractivity contribution is 6.31. The number of hydrogen-bond donors (Lipinski definition) is 2. The Morgan fingerprint density at radius 2 is 2.04 bits per heavy atom. The van der Waals surface area contributed by atoms with Gasteiger partial charge in [0.2, 0.25) is 5.91 Å². The Balaban J connectivity index is 1.86. The number of aromatic amines is 1. The van der Waals surface area contributed by atoms with E-state index in [2.05, 4.69) is 30.3 Å². The average molecular weight is 361 g/mol. The van der Waals surface area contributed by atoms with Crippen LogP contribution in [0, 0.1) is 11.8 Å². The number of fused-ring (bicyclic) bond motifs is 1. The maximum absolute atomic E-state index is 12.6. The fourth-order valence-electron chi connectivity index (χ4n) is 4.08. The van der Waals surface area contributed by atoms with Gasteiger partial charge in [0.25, 0.3) is 0 Å². The van der Waals surface area contributed by atoms with Crippen molar-refractivity contribution in [1.82, 2.24) is 10.3 Å². The summed E-state index contributed by atoms with van der Waals surface area (Å²) in [5, 5.41) is 5.01. The highest BCUT2D eigenvalue weighted by Crippen LogP contribution is 2.41. The van der Waals surface area contributed by atoms with Crippen molar-refractivity contribution in [3.05, 3.63) is 35.0 Å². The third-order valence-electron chi connectivity index (χ3n) is 5.41. The largest absolute Gasteiger partial charge is 0.361 e. The van der Waals surface area contributed by atoms with E-state index in [1.807, 2.05) is 18.2 Å². The number of carbonyl (C=O) groups is 1. The Hall–Kier alpha value is -1.48. The van der Waals surface area contributed by atoms with Crippen molar-refractivity contribution in [1.29, 1.82) is 0 Å². The van der Waals surface area contributed by atoms with Crippen LogP contribution in [-0.4, -0.2) is 17.4 Å². The summed E-state index contributed by atoms with van der Waals surface area (Å²) >= 11 is 6.24. The molecular formula is C21H29ClN2O. The number of carbonyl (C=O) groups excluding carboxylic acids is 1. The number of rotatable bonds is 6. The normalized spacial score (nSPS) is 17.1. The van der Waals surface area contributed by atoms with Gasteiger partial charge in [-0.3, -0.25) is 4.79 Å². The van der Waals surface area contributed by atoms with Crippen LogP contribution in [0.4, 0.5) is 0 Å². The molecule has 1 aliphatic carbocycles. The maximum Gasteiger partial charge on any atom is 0.220 e. The second kappa shape index (κ2) is 8.27. The number of benzene rings is 1. The van der Waals surface area contributed by atoms with Gasteiger partial charge in [-0.2, -0.15) is 0 Å². The summed E-state index contributed by atoms with van der Waals surface area (Å²) in [5.74, 6) is 1.49. The molecule has 4 heteroatoms. The van der Waals surface area contributed by atoms with Gasteiger partial charge in [-0.15, -0.1) is 0 Å². The molecule has 1 heterocycles. The van der Waals surface area contributed by atoms with Gasteiger partial charge in [-0.05, 0) is 54.4 Å². The lowest BCUT2D eigenvalue weighted by molar-refractivity contribution is -0.122. The number of nitrogens with one attached hydrogen (secondary N) is 2. The summed E-state index contributed by atoms with van der Waals surface area (Å²) in [6.45, 7) is 5.00. The summed E-state index contributed by atoms with van der Waals surface area (Å²) in [4.78, 5) is 15.9. The van der Waals surface area contributed by atoms with Gasteiger partial charge in [0, 0.05) is 35.1 Å². The minimum atomic E-state index is 0.167. The van der Waals surface area contributed by atoms with Gasteiger partial charge >= 0.3 is 0 Å². The minimum Gasteiger partial charge on any atom is -0.361 e. The molecule has 1 aliphatic rings. The van der Waals surface area contributed by atoms with Crippen molar-refractivity contribution in [2.75, 3.05) is 6.54 Å². The lowest BCUT2D eigenvalue weighted by atomic mass is 9.75. The van der Waals surface area contributed by atoms with Crippen LogP contribution in [0.2, 0.25) is 5.02 Å². The molecule has 136 valence electrons. The highest BCUT2D eigenvalue weighted by Gasteiger charge is 2.29. The monoisotopic (exact) mass is 360 g/mol. The molecule has 25 heavy (non-hydrogen) atoms. The number of hydrogen-bond acceptors (Lipinski definition) is 1. The molecular weight excluding hydrogens is 332 g/mol. The lowest BCUT2D eigenvalue weighted by Gasteiger charge is -2.30. The zero-order chi connectivity index (χ0) is 17.8. The van der Waals surface area contributed by atoms with Gasteiger partial charge in [0.1, 0.15) is 0 Å². The number of H-pyrrole nitrogens is 1. The molecule has 0 saturated heterocycles. The van der Waals surface area contributed by atoms with Gasteiger partial charge in [0.05, 0.1) is 0 Å². The van der Waals surface area contributed by atoms with Crippen LogP contribution >= 0.6 is 11.6 Å². The van der Waals surface area contributed by atoms with Crippen LogP contribution < -0.4 is 5.32 Å². The molecule has 0 radical (unpaired) electrons. The van der Waals surface area contributed by atoms with E-state index in [1.165, 1.54) is 43.1 Å². The second-order valence-corrected chi connectivity index (χ2v) is 8.28. The molecule has 0 bridgehead atoms. The van der Waals surface area contributed by atoms with E-state index >= 15 is 0 Å². The topological polar surface area (TPSA) is 44.9 Å². The van der Waals surface area contributed by atoms with Crippen LogP contribution in [0.5, 0.6) is 0 Å². The summed E-state index contributed by atoms with van der Waals surface area (Å²) in [5.41, 5.74) is 2.35. The average Bonchev–Trinajstić information content (AvgIpc) is 3.01. The molecule has 1 aromatic heterocycles. The van der Waals surface area contributed by atoms with E-state index in [-0.39, 0.29) is 11.8 Å². The Morgan fingerprint density at radius 3 is 2.76 bits per heavy atom. The quantitative estimate of drug-likeness (QED) is 0.687. The fourth-order valence-corrected chi connectivity index (χ4v) is 4.25. The molecule has 1 fully saturated rings. The summed E-state index contributed by atoms with van der Waals surface area (Å²) in [6, 6.07) is 5.97. The van der Waals surface area contributed by atoms with Crippen LogP contribution in [0.25, 0.3) is 10.9 Å². The van der Waals surface area contributed by atoms with Crippen molar-refractivity contribution in [3.8, 4) is 0 Å². The van der Waals surface area contributed by atoms with E-state index in [0.717, 1.165) is 17.1 Å². The molecule has 1 amide bonds. The Morgan fingerprint density at radius 1 is 1.28 bits per heavy atom. The first-order valence-corrected chi connectivity index (χ1v) is 9.95. The van der Waals surface area contributed by atoms with E-state index in [9.17, 15) is 4.79 Å². The Kier molecular flexibility index (Phi) is 6.06. The van der Waals surface area contributed by atoms with Crippen LogP contribution in [0.15, 0.2) is 24.4 Å². The third-order valence-corrected chi connectivity index (χ3v) is 5.64. The van der Waals surface area contributed by atoms with Gasteiger partial charge in [0.15, 0.2) is 0 Å². The first kappa shape index (κ1) is 18.3. The molecule has 0 spiro atoms. The predicted molar refractivity (Wildman–Crippen MR) is 105 cm³/mol. The first-order valence-electron chi connectivity index (χ1n) is 9.58. The van der Waals surface area contributed by atoms with E-state index in [1.54, 1.807) is 0 Å². The molecule has 2 N–H and O–H groups in total. The number of halogens is 1. The summed E-state index contributed by atoms with van der Waals surface area (Å²) in [7, 11) is 0. The van der Waals surface area contributed by atoms with Crippen molar-refractivity contribution in [2.45, 2.75) is 58.3 Å². The molecule has 1 unspecified atom stereocenters. The fraction of sp³-hybridized carbons (Fsp3) is 0.571. The lowest BCUT2D eigenvalue weighted by Crippen LogP contribution is -2.30. The zero-order valence-corrected chi connectivity index (χ0v) is 16.0. The smallest absolute Gasteiger partial charge is 0.220 e. The number of amides is 1. The molecule has 0 aliphatic heterocycles. The summed E-state index contributed by atoms with van der Waals surface area (Å²) < 4.78 is 0. The summed E-state index contributed by atoms with van der Waals surface area (Å²) in [6.07, 6.45) is 8.97. The van der Waals surface area contributed by atoms with Crippen LogP contribution in [-0.2, 0) is 4.79 Å². The second-order valence-electron chi connectivity index (χ2n) is 7.84. The van der Waals surface area contributed by atoms with Crippen LogP contribution in [0.1, 0.15) is 63.9 Å². The maximum atomic E-state index is 12.6. The molecule has 1 aromatic carbocycles. The van der Waals surface area contributed by atoms with Crippen molar-refractivity contribution >= 4 is 28.4 Å². The molecule has 1 atom stereocenters.